The minimum Gasteiger partial charge on any atom is -0.319 e. The molecule has 4 nitrogen and oxygen atoms in total. The van der Waals surface area contributed by atoms with Crippen molar-refractivity contribution in [3.8, 4) is 0 Å². The normalized spacial score (nSPS) is 24.3. The highest BCUT2D eigenvalue weighted by Gasteiger charge is 2.30. The Balaban J connectivity index is 2.65. The van der Waals surface area contributed by atoms with Gasteiger partial charge in [0.05, 0.1) is 5.75 Å². The Labute approximate surface area is 93.1 Å². The van der Waals surface area contributed by atoms with E-state index in [0.717, 1.165) is 25.7 Å². The van der Waals surface area contributed by atoms with E-state index < -0.39 is 10.0 Å². The van der Waals surface area contributed by atoms with Crippen LogP contribution in [0.1, 0.15) is 32.6 Å². The summed E-state index contributed by atoms with van der Waals surface area (Å²) < 4.78 is 25.7. The molecule has 0 aromatic heterocycles. The predicted molar refractivity (Wildman–Crippen MR) is 62.3 cm³/mol. The second kappa shape index (κ2) is 5.82. The number of hydrogen-bond donors (Lipinski definition) is 1. The fourth-order valence-electron chi connectivity index (χ4n) is 2.10. The molecule has 0 amide bonds. The third-order valence-electron chi connectivity index (χ3n) is 3.01. The van der Waals surface area contributed by atoms with E-state index in [1.165, 1.54) is 0 Å². The van der Waals surface area contributed by atoms with Gasteiger partial charge in [-0.1, -0.05) is 13.3 Å². The fourth-order valence-corrected chi connectivity index (χ4v) is 3.91. The maximum atomic E-state index is 12.0. The number of sulfonamides is 1. The summed E-state index contributed by atoms with van der Waals surface area (Å²) in [6.45, 7) is 3.32. The van der Waals surface area contributed by atoms with Gasteiger partial charge in [-0.05, 0) is 26.3 Å². The van der Waals surface area contributed by atoms with Crippen molar-refractivity contribution >= 4 is 10.0 Å². The lowest BCUT2D eigenvalue weighted by Crippen LogP contribution is -2.45. The van der Waals surface area contributed by atoms with Crippen LogP contribution in [0.4, 0.5) is 0 Å². The van der Waals surface area contributed by atoms with Crippen LogP contribution in [0.15, 0.2) is 0 Å². The highest BCUT2D eigenvalue weighted by atomic mass is 32.2. The van der Waals surface area contributed by atoms with Gasteiger partial charge in [-0.3, -0.25) is 0 Å². The van der Waals surface area contributed by atoms with E-state index in [4.69, 9.17) is 0 Å². The molecule has 1 aliphatic heterocycles. The largest absolute Gasteiger partial charge is 0.319 e. The van der Waals surface area contributed by atoms with Gasteiger partial charge in [-0.15, -0.1) is 0 Å². The molecule has 15 heavy (non-hydrogen) atoms. The maximum Gasteiger partial charge on any atom is 0.215 e. The lowest BCUT2D eigenvalue weighted by atomic mass is 10.0. The van der Waals surface area contributed by atoms with Crippen molar-refractivity contribution in [2.45, 2.75) is 38.6 Å². The molecule has 1 rings (SSSR count). The van der Waals surface area contributed by atoms with E-state index >= 15 is 0 Å². The van der Waals surface area contributed by atoms with Crippen LogP contribution in [0.3, 0.4) is 0 Å². The summed E-state index contributed by atoms with van der Waals surface area (Å²) in [6.07, 6.45) is 4.12. The van der Waals surface area contributed by atoms with Crippen LogP contribution < -0.4 is 5.32 Å². The van der Waals surface area contributed by atoms with Gasteiger partial charge in [-0.25, -0.2) is 8.42 Å². The van der Waals surface area contributed by atoms with E-state index in [1.807, 2.05) is 0 Å². The average molecular weight is 234 g/mol. The van der Waals surface area contributed by atoms with Crippen LogP contribution in [0.5, 0.6) is 0 Å². The smallest absolute Gasteiger partial charge is 0.215 e. The highest BCUT2D eigenvalue weighted by molar-refractivity contribution is 7.89. The fraction of sp³-hybridized carbons (Fsp3) is 1.00. The van der Waals surface area contributed by atoms with Crippen molar-refractivity contribution in [3.05, 3.63) is 0 Å². The SMILES string of the molecule is CCC1CCCCN1S(=O)(=O)CCNC. The van der Waals surface area contributed by atoms with Gasteiger partial charge in [0.1, 0.15) is 0 Å². The first-order valence-electron chi connectivity index (χ1n) is 5.76. The van der Waals surface area contributed by atoms with Gasteiger partial charge in [0.2, 0.25) is 10.0 Å². The molecule has 0 spiro atoms. The first kappa shape index (κ1) is 12.9. The number of hydrogen-bond acceptors (Lipinski definition) is 3. The topological polar surface area (TPSA) is 49.4 Å². The molecule has 1 aliphatic rings. The van der Waals surface area contributed by atoms with Crippen molar-refractivity contribution in [3.63, 3.8) is 0 Å². The van der Waals surface area contributed by atoms with Crippen LogP contribution in [0.25, 0.3) is 0 Å². The van der Waals surface area contributed by atoms with Gasteiger partial charge in [0.25, 0.3) is 0 Å². The highest BCUT2D eigenvalue weighted by Crippen LogP contribution is 2.22. The molecule has 0 radical (unpaired) electrons. The van der Waals surface area contributed by atoms with Crippen LogP contribution >= 0.6 is 0 Å². The summed E-state index contributed by atoms with van der Waals surface area (Å²) in [7, 11) is -1.26. The van der Waals surface area contributed by atoms with Gasteiger partial charge in [0, 0.05) is 19.1 Å². The second-order valence-corrected chi connectivity index (χ2v) is 6.13. The zero-order valence-corrected chi connectivity index (χ0v) is 10.5. The molecule has 90 valence electrons. The first-order chi connectivity index (χ1) is 7.11. The van der Waals surface area contributed by atoms with Gasteiger partial charge in [-0.2, -0.15) is 4.31 Å². The number of rotatable bonds is 5. The van der Waals surface area contributed by atoms with Gasteiger partial charge >= 0.3 is 0 Å². The molecule has 1 heterocycles. The molecular formula is C10H22N2O2S. The Kier molecular flexibility index (Phi) is 5.02. The lowest BCUT2D eigenvalue weighted by molar-refractivity contribution is 0.246. The molecule has 1 N–H and O–H groups in total. The van der Waals surface area contributed by atoms with E-state index in [-0.39, 0.29) is 11.8 Å². The summed E-state index contributed by atoms with van der Waals surface area (Å²) in [5, 5.41) is 2.89. The molecule has 1 fully saturated rings. The third-order valence-corrected chi connectivity index (χ3v) is 4.93. The van der Waals surface area contributed by atoms with Crippen molar-refractivity contribution in [2.75, 3.05) is 25.9 Å². The van der Waals surface area contributed by atoms with Crippen molar-refractivity contribution in [1.29, 1.82) is 0 Å². The monoisotopic (exact) mass is 234 g/mol. The van der Waals surface area contributed by atoms with E-state index in [2.05, 4.69) is 12.2 Å². The summed E-state index contributed by atoms with van der Waals surface area (Å²) in [4.78, 5) is 0. The number of piperidine rings is 1. The molecular weight excluding hydrogens is 212 g/mol. The zero-order valence-electron chi connectivity index (χ0n) is 9.70. The van der Waals surface area contributed by atoms with Crippen molar-refractivity contribution < 1.29 is 8.42 Å². The minimum atomic E-state index is -3.04. The summed E-state index contributed by atoms with van der Waals surface area (Å²) in [5.74, 6) is 0.222. The molecule has 1 unspecified atom stereocenters. The Bertz CT molecular complexity index is 277. The van der Waals surface area contributed by atoms with Gasteiger partial charge < -0.3 is 5.32 Å². The van der Waals surface area contributed by atoms with Crippen LogP contribution in [-0.2, 0) is 10.0 Å². The zero-order chi connectivity index (χ0) is 11.3. The van der Waals surface area contributed by atoms with E-state index in [1.54, 1.807) is 11.4 Å². The standard InChI is InChI=1S/C10H22N2O2S/c1-3-10-6-4-5-8-12(10)15(13,14)9-7-11-2/h10-11H,3-9H2,1-2H3. The number of nitrogens with one attached hydrogen (secondary N) is 1. The lowest BCUT2D eigenvalue weighted by Gasteiger charge is -2.34. The summed E-state index contributed by atoms with van der Waals surface area (Å²) >= 11 is 0. The van der Waals surface area contributed by atoms with Crippen LogP contribution in [-0.4, -0.2) is 44.7 Å². The summed E-state index contributed by atoms with van der Waals surface area (Å²) in [5.41, 5.74) is 0. The molecule has 0 aromatic carbocycles. The molecule has 1 saturated heterocycles. The van der Waals surface area contributed by atoms with Crippen LogP contribution in [0, 0.1) is 0 Å². The van der Waals surface area contributed by atoms with Gasteiger partial charge in [0.15, 0.2) is 0 Å². The Morgan fingerprint density at radius 2 is 2.13 bits per heavy atom. The van der Waals surface area contributed by atoms with E-state index in [9.17, 15) is 8.42 Å². The molecule has 0 aliphatic carbocycles. The number of nitrogens with zero attached hydrogens (tertiary/aromatic N) is 1. The predicted octanol–water partition coefficient (Wildman–Crippen LogP) is 0.800. The van der Waals surface area contributed by atoms with Crippen molar-refractivity contribution in [1.82, 2.24) is 9.62 Å². The Morgan fingerprint density at radius 1 is 1.40 bits per heavy atom. The molecule has 5 heteroatoms. The average Bonchev–Trinajstić information content (AvgIpc) is 2.26. The van der Waals surface area contributed by atoms with Crippen molar-refractivity contribution in [2.24, 2.45) is 0 Å². The second-order valence-electron chi connectivity index (χ2n) is 4.09. The molecule has 0 bridgehead atoms. The Hall–Kier alpha value is -0.130. The quantitative estimate of drug-likeness (QED) is 0.765. The molecule has 0 saturated carbocycles. The third kappa shape index (κ3) is 3.43. The van der Waals surface area contributed by atoms with Crippen LogP contribution in [0.2, 0.25) is 0 Å². The Morgan fingerprint density at radius 3 is 2.73 bits per heavy atom. The minimum absolute atomic E-state index is 0.222. The first-order valence-corrected chi connectivity index (χ1v) is 7.37. The maximum absolute atomic E-state index is 12.0. The summed E-state index contributed by atoms with van der Waals surface area (Å²) in [6, 6.07) is 0.237. The van der Waals surface area contributed by atoms with E-state index in [0.29, 0.717) is 13.1 Å². The molecule has 0 aromatic rings. The molecule has 1 atom stereocenters.